The van der Waals surface area contributed by atoms with Crippen molar-refractivity contribution in [2.24, 2.45) is 0 Å². The molecule has 2 N–H and O–H groups in total. The van der Waals surface area contributed by atoms with E-state index in [1.54, 1.807) is 0 Å². The molecule has 0 amide bonds. The lowest BCUT2D eigenvalue weighted by atomic mass is 9.80. The van der Waals surface area contributed by atoms with Crippen molar-refractivity contribution in [1.29, 1.82) is 5.26 Å². The summed E-state index contributed by atoms with van der Waals surface area (Å²) in [6.45, 7) is 2.43. The Morgan fingerprint density at radius 1 is 1.39 bits per heavy atom. The molecule has 0 atom stereocenters. The van der Waals surface area contributed by atoms with Crippen LogP contribution in [-0.4, -0.2) is 26.6 Å². The van der Waals surface area contributed by atoms with Crippen molar-refractivity contribution >= 4 is 22.5 Å². The third-order valence-electron chi connectivity index (χ3n) is 4.77. The van der Waals surface area contributed by atoms with Crippen LogP contribution in [0, 0.1) is 18.3 Å². The fourth-order valence-corrected chi connectivity index (χ4v) is 3.24. The topological polar surface area (TPSA) is 73.3 Å². The summed E-state index contributed by atoms with van der Waals surface area (Å²) in [6, 6.07) is 12.1. The molecular formula is C18H18N4O. The van der Waals surface area contributed by atoms with Crippen molar-refractivity contribution in [2.75, 3.05) is 11.9 Å². The van der Waals surface area contributed by atoms with Crippen LogP contribution in [0.1, 0.15) is 30.4 Å². The molecule has 4 rings (SSSR count). The minimum Gasteiger partial charge on any atom is -0.388 e. The third kappa shape index (κ3) is 2.14. The Balaban J connectivity index is 1.90. The monoisotopic (exact) mass is 306 g/mol. The van der Waals surface area contributed by atoms with Gasteiger partial charge < -0.3 is 10.4 Å². The Morgan fingerprint density at radius 3 is 2.87 bits per heavy atom. The molecule has 116 valence electrons. The Morgan fingerprint density at radius 2 is 2.17 bits per heavy atom. The molecule has 23 heavy (non-hydrogen) atoms. The van der Waals surface area contributed by atoms with Gasteiger partial charge in [0.05, 0.1) is 22.2 Å². The molecular weight excluding hydrogens is 288 g/mol. The second kappa shape index (κ2) is 4.97. The van der Waals surface area contributed by atoms with Crippen LogP contribution in [0.25, 0.3) is 16.7 Å². The number of fused-ring (bicyclic) bond motifs is 3. The summed E-state index contributed by atoms with van der Waals surface area (Å²) in [7, 11) is 0. The Bertz CT molecular complexity index is 947. The molecule has 0 unspecified atom stereocenters. The lowest BCUT2D eigenvalue weighted by Gasteiger charge is -2.37. The number of aromatic nitrogens is 2. The van der Waals surface area contributed by atoms with E-state index in [4.69, 9.17) is 0 Å². The predicted octanol–water partition coefficient (Wildman–Crippen LogP) is 2.99. The van der Waals surface area contributed by atoms with E-state index in [1.807, 2.05) is 41.7 Å². The van der Waals surface area contributed by atoms with Gasteiger partial charge in [0.15, 0.2) is 5.65 Å². The molecule has 0 bridgehead atoms. The Labute approximate surface area is 134 Å². The number of anilines is 1. The molecule has 2 aromatic heterocycles. The first-order chi connectivity index (χ1) is 11.1. The van der Waals surface area contributed by atoms with Gasteiger partial charge in [-0.2, -0.15) is 5.26 Å². The highest BCUT2D eigenvalue weighted by Gasteiger charge is 2.34. The molecule has 0 saturated heterocycles. The van der Waals surface area contributed by atoms with Gasteiger partial charge in [0, 0.05) is 6.54 Å². The van der Waals surface area contributed by atoms with E-state index >= 15 is 0 Å². The summed E-state index contributed by atoms with van der Waals surface area (Å²) < 4.78 is 1.98. The zero-order valence-corrected chi connectivity index (χ0v) is 13.0. The number of hydrogen-bond donors (Lipinski definition) is 2. The molecule has 2 heterocycles. The highest BCUT2D eigenvalue weighted by Crippen LogP contribution is 2.32. The van der Waals surface area contributed by atoms with Crippen molar-refractivity contribution in [1.82, 2.24) is 9.38 Å². The minimum atomic E-state index is -0.607. The summed E-state index contributed by atoms with van der Waals surface area (Å²) in [5, 5.41) is 23.2. The third-order valence-corrected chi connectivity index (χ3v) is 4.77. The van der Waals surface area contributed by atoms with E-state index in [0.29, 0.717) is 17.8 Å². The van der Waals surface area contributed by atoms with Crippen molar-refractivity contribution < 1.29 is 5.11 Å². The first-order valence-electron chi connectivity index (χ1n) is 7.88. The molecule has 0 aliphatic heterocycles. The first-order valence-corrected chi connectivity index (χ1v) is 7.88. The number of nitrogens with one attached hydrogen (secondary N) is 1. The zero-order valence-electron chi connectivity index (χ0n) is 13.0. The molecule has 5 nitrogen and oxygen atoms in total. The quantitative estimate of drug-likeness (QED) is 0.780. The van der Waals surface area contributed by atoms with E-state index < -0.39 is 5.60 Å². The van der Waals surface area contributed by atoms with Crippen LogP contribution in [0.4, 0.5) is 5.82 Å². The zero-order chi connectivity index (χ0) is 16.0. The molecule has 3 aromatic rings. The summed E-state index contributed by atoms with van der Waals surface area (Å²) in [4.78, 5) is 4.62. The van der Waals surface area contributed by atoms with Crippen molar-refractivity contribution in [3.05, 3.63) is 41.5 Å². The van der Waals surface area contributed by atoms with E-state index in [2.05, 4.69) is 16.4 Å². The van der Waals surface area contributed by atoms with Crippen LogP contribution in [0.5, 0.6) is 0 Å². The fraction of sp³-hybridized carbons (Fsp3) is 0.333. The normalized spacial score (nSPS) is 16.2. The highest BCUT2D eigenvalue weighted by atomic mass is 16.3. The fourth-order valence-electron chi connectivity index (χ4n) is 3.24. The van der Waals surface area contributed by atoms with Crippen molar-refractivity contribution in [2.45, 2.75) is 31.8 Å². The number of rotatable bonds is 3. The van der Waals surface area contributed by atoms with Gasteiger partial charge >= 0.3 is 0 Å². The van der Waals surface area contributed by atoms with Gasteiger partial charge in [0.1, 0.15) is 11.9 Å². The summed E-state index contributed by atoms with van der Waals surface area (Å²) >= 11 is 0. The maximum Gasteiger partial charge on any atom is 0.157 e. The van der Waals surface area contributed by atoms with E-state index in [0.717, 1.165) is 41.7 Å². The number of hydrogen-bond acceptors (Lipinski definition) is 4. The van der Waals surface area contributed by atoms with Crippen LogP contribution < -0.4 is 5.32 Å². The number of aliphatic hydroxyl groups is 1. The minimum absolute atomic E-state index is 0.514. The lowest BCUT2D eigenvalue weighted by molar-refractivity contribution is -0.0202. The number of para-hydroxylation sites is 2. The van der Waals surface area contributed by atoms with Gasteiger partial charge in [-0.1, -0.05) is 12.1 Å². The molecule has 1 aliphatic rings. The average molecular weight is 306 g/mol. The van der Waals surface area contributed by atoms with Crippen LogP contribution in [0.3, 0.4) is 0 Å². The SMILES string of the molecule is Cc1cc(NCC2(O)CCC2)n2c(nc3ccccc32)c1C#N. The van der Waals surface area contributed by atoms with E-state index in [-0.39, 0.29) is 0 Å². The highest BCUT2D eigenvalue weighted by molar-refractivity contribution is 5.85. The van der Waals surface area contributed by atoms with E-state index in [1.165, 1.54) is 0 Å². The molecule has 1 fully saturated rings. The number of benzene rings is 1. The first kappa shape index (κ1) is 14.0. The van der Waals surface area contributed by atoms with Gasteiger partial charge in [-0.25, -0.2) is 4.98 Å². The Kier molecular flexibility index (Phi) is 3.03. The van der Waals surface area contributed by atoms with Gasteiger partial charge in [-0.05, 0) is 49.9 Å². The summed E-state index contributed by atoms with van der Waals surface area (Å²) in [6.07, 6.45) is 2.75. The second-order valence-electron chi connectivity index (χ2n) is 6.39. The number of aryl methyl sites for hydroxylation is 1. The number of nitriles is 1. The van der Waals surface area contributed by atoms with Crippen LogP contribution >= 0.6 is 0 Å². The van der Waals surface area contributed by atoms with Gasteiger partial charge in [-0.3, -0.25) is 4.40 Å². The largest absolute Gasteiger partial charge is 0.388 e. The molecule has 1 saturated carbocycles. The van der Waals surface area contributed by atoms with E-state index in [9.17, 15) is 10.4 Å². The number of pyridine rings is 1. The maximum atomic E-state index is 10.3. The summed E-state index contributed by atoms with van der Waals surface area (Å²) in [5.74, 6) is 0.866. The molecule has 0 radical (unpaired) electrons. The van der Waals surface area contributed by atoms with Gasteiger partial charge in [0.2, 0.25) is 0 Å². The molecule has 0 spiro atoms. The standard InChI is InChI=1S/C18H18N4O/c1-12-9-16(20-11-18(23)7-4-8-18)22-15-6-3-2-5-14(15)21-17(22)13(12)10-19/h2-3,5-6,9,20,23H,4,7-8,11H2,1H3. The molecule has 1 aliphatic carbocycles. The smallest absolute Gasteiger partial charge is 0.157 e. The Hall–Kier alpha value is -2.58. The molecule has 5 heteroatoms. The van der Waals surface area contributed by atoms with Crippen LogP contribution in [-0.2, 0) is 0 Å². The van der Waals surface area contributed by atoms with Gasteiger partial charge in [-0.15, -0.1) is 0 Å². The second-order valence-corrected chi connectivity index (χ2v) is 6.39. The molecule has 1 aromatic carbocycles. The number of imidazole rings is 1. The van der Waals surface area contributed by atoms with Crippen molar-refractivity contribution in [3.8, 4) is 6.07 Å². The van der Waals surface area contributed by atoms with Crippen LogP contribution in [0.2, 0.25) is 0 Å². The van der Waals surface area contributed by atoms with Crippen molar-refractivity contribution in [3.63, 3.8) is 0 Å². The average Bonchev–Trinajstić information content (AvgIpc) is 2.90. The lowest BCUT2D eigenvalue weighted by Crippen LogP contribution is -2.43. The summed E-state index contributed by atoms with van der Waals surface area (Å²) in [5.41, 5.74) is 3.36. The predicted molar refractivity (Wildman–Crippen MR) is 89.4 cm³/mol. The van der Waals surface area contributed by atoms with Crippen LogP contribution in [0.15, 0.2) is 30.3 Å². The van der Waals surface area contributed by atoms with Gasteiger partial charge in [0.25, 0.3) is 0 Å². The maximum absolute atomic E-state index is 10.3. The number of nitrogens with zero attached hydrogens (tertiary/aromatic N) is 3.